The quantitative estimate of drug-likeness (QED) is 0.445. The molecule has 2 aromatic carbocycles. The molecule has 0 N–H and O–H groups in total. The van der Waals surface area contributed by atoms with Crippen LogP contribution in [0.5, 0.6) is 0 Å². The lowest BCUT2D eigenvalue weighted by atomic mass is 10.2. The number of carbonyl (C=O) groups excluding carboxylic acids is 1. The minimum absolute atomic E-state index is 0.178. The summed E-state index contributed by atoms with van der Waals surface area (Å²) in [7, 11) is -3.76. The van der Waals surface area contributed by atoms with E-state index in [0.717, 1.165) is 16.0 Å². The molecule has 164 valence electrons. The Balaban J connectivity index is 1.83. The van der Waals surface area contributed by atoms with Gasteiger partial charge in [-0.05, 0) is 42.5 Å². The molecule has 0 aliphatic rings. The van der Waals surface area contributed by atoms with Gasteiger partial charge >= 0.3 is 0 Å². The molecule has 0 bridgehead atoms. The topological polar surface area (TPSA) is 57.7 Å². The third-order valence-electron chi connectivity index (χ3n) is 4.94. The molecular formula is C24H28N2O3S2. The Labute approximate surface area is 189 Å². The van der Waals surface area contributed by atoms with Gasteiger partial charge in [0, 0.05) is 18.0 Å². The average Bonchev–Trinajstić information content (AvgIpc) is 3.27. The lowest BCUT2D eigenvalue weighted by molar-refractivity contribution is -0.132. The van der Waals surface area contributed by atoms with Gasteiger partial charge in [-0.15, -0.1) is 11.3 Å². The van der Waals surface area contributed by atoms with Crippen molar-refractivity contribution in [3.8, 4) is 0 Å². The average molecular weight is 457 g/mol. The van der Waals surface area contributed by atoms with Crippen LogP contribution in [0, 0.1) is 6.92 Å². The van der Waals surface area contributed by atoms with E-state index in [-0.39, 0.29) is 17.3 Å². The van der Waals surface area contributed by atoms with Gasteiger partial charge in [-0.25, -0.2) is 8.42 Å². The molecule has 31 heavy (non-hydrogen) atoms. The molecule has 0 saturated heterocycles. The van der Waals surface area contributed by atoms with E-state index in [1.54, 1.807) is 40.5 Å². The Morgan fingerprint density at radius 2 is 1.65 bits per heavy atom. The molecule has 1 aromatic heterocycles. The number of benzene rings is 2. The number of nitrogens with zero attached hydrogens (tertiary/aromatic N) is 2. The van der Waals surface area contributed by atoms with Gasteiger partial charge < -0.3 is 4.90 Å². The SMILES string of the molecule is CCCN(CC(=O)N(Cc1ccccc1)Cc1cccs1)S(=O)(=O)c1ccc(C)cc1. The van der Waals surface area contributed by atoms with Gasteiger partial charge in [0.25, 0.3) is 0 Å². The van der Waals surface area contributed by atoms with Crippen molar-refractivity contribution in [1.82, 2.24) is 9.21 Å². The van der Waals surface area contributed by atoms with Gasteiger partial charge in [0.2, 0.25) is 15.9 Å². The minimum atomic E-state index is -3.76. The maximum absolute atomic E-state index is 13.3. The fourth-order valence-electron chi connectivity index (χ4n) is 3.27. The molecule has 5 nitrogen and oxygen atoms in total. The lowest BCUT2D eigenvalue weighted by Crippen LogP contribution is -2.42. The number of carbonyl (C=O) groups is 1. The number of rotatable bonds is 10. The first-order chi connectivity index (χ1) is 14.9. The van der Waals surface area contributed by atoms with Gasteiger partial charge in [0.1, 0.15) is 0 Å². The van der Waals surface area contributed by atoms with Crippen molar-refractivity contribution in [3.05, 3.63) is 88.1 Å². The summed E-state index contributed by atoms with van der Waals surface area (Å²) < 4.78 is 27.7. The van der Waals surface area contributed by atoms with E-state index in [4.69, 9.17) is 0 Å². The van der Waals surface area contributed by atoms with Gasteiger partial charge in [-0.3, -0.25) is 4.79 Å². The normalized spacial score (nSPS) is 11.6. The molecule has 0 unspecified atom stereocenters. The van der Waals surface area contributed by atoms with Crippen LogP contribution in [0.15, 0.2) is 77.0 Å². The molecule has 3 aromatic rings. The smallest absolute Gasteiger partial charge is 0.243 e. The number of aryl methyl sites for hydroxylation is 1. The highest BCUT2D eigenvalue weighted by molar-refractivity contribution is 7.89. The molecule has 0 aliphatic carbocycles. The largest absolute Gasteiger partial charge is 0.332 e. The molecule has 1 heterocycles. The predicted molar refractivity (Wildman–Crippen MR) is 125 cm³/mol. The van der Waals surface area contributed by atoms with Crippen molar-refractivity contribution >= 4 is 27.3 Å². The molecule has 0 radical (unpaired) electrons. The van der Waals surface area contributed by atoms with Crippen LogP contribution in [0.3, 0.4) is 0 Å². The Kier molecular flexibility index (Phi) is 8.01. The van der Waals surface area contributed by atoms with E-state index in [1.165, 1.54) is 4.31 Å². The highest BCUT2D eigenvalue weighted by atomic mass is 32.2. The Morgan fingerprint density at radius 3 is 2.26 bits per heavy atom. The molecule has 1 amide bonds. The van der Waals surface area contributed by atoms with E-state index in [2.05, 4.69) is 0 Å². The van der Waals surface area contributed by atoms with Crippen molar-refractivity contribution in [1.29, 1.82) is 0 Å². The standard InChI is InChI=1S/C24H28N2O3S2/c1-3-15-26(31(28,29)23-13-11-20(2)12-14-23)19-24(27)25(18-22-10-7-16-30-22)17-21-8-5-4-6-9-21/h4-14,16H,3,15,17-19H2,1-2H3. The first-order valence-electron chi connectivity index (χ1n) is 10.3. The molecule has 0 fully saturated rings. The van der Waals surface area contributed by atoms with E-state index in [0.29, 0.717) is 26.1 Å². The summed E-state index contributed by atoms with van der Waals surface area (Å²) in [6.07, 6.45) is 0.627. The lowest BCUT2D eigenvalue weighted by Gasteiger charge is -2.27. The number of sulfonamides is 1. The van der Waals surface area contributed by atoms with Gasteiger partial charge in [0.15, 0.2) is 0 Å². The van der Waals surface area contributed by atoms with Gasteiger partial charge in [-0.1, -0.05) is 61.0 Å². The van der Waals surface area contributed by atoms with Crippen molar-refractivity contribution in [3.63, 3.8) is 0 Å². The first-order valence-corrected chi connectivity index (χ1v) is 12.6. The summed E-state index contributed by atoms with van der Waals surface area (Å²) in [5.74, 6) is -0.207. The molecule has 0 spiro atoms. The first kappa shape index (κ1) is 23.2. The predicted octanol–water partition coefficient (Wildman–Crippen LogP) is 4.69. The fourth-order valence-corrected chi connectivity index (χ4v) is 5.47. The molecular weight excluding hydrogens is 428 g/mol. The minimum Gasteiger partial charge on any atom is -0.332 e. The highest BCUT2D eigenvalue weighted by Gasteiger charge is 2.28. The van der Waals surface area contributed by atoms with Crippen LogP contribution in [0.25, 0.3) is 0 Å². The maximum Gasteiger partial charge on any atom is 0.243 e. The van der Waals surface area contributed by atoms with Crippen molar-refractivity contribution in [2.75, 3.05) is 13.1 Å². The summed E-state index contributed by atoms with van der Waals surface area (Å²) in [5.41, 5.74) is 2.00. The maximum atomic E-state index is 13.3. The van der Waals surface area contributed by atoms with E-state index in [9.17, 15) is 13.2 Å². The number of thiophene rings is 1. The number of hydrogen-bond acceptors (Lipinski definition) is 4. The summed E-state index contributed by atoms with van der Waals surface area (Å²) in [6.45, 7) is 4.83. The summed E-state index contributed by atoms with van der Waals surface area (Å²) >= 11 is 1.59. The van der Waals surface area contributed by atoms with Crippen molar-refractivity contribution < 1.29 is 13.2 Å². The zero-order valence-electron chi connectivity index (χ0n) is 17.9. The third-order valence-corrected chi connectivity index (χ3v) is 7.66. The van der Waals surface area contributed by atoms with Crippen LogP contribution in [0.2, 0.25) is 0 Å². The number of amides is 1. The van der Waals surface area contributed by atoms with Crippen LogP contribution in [0.1, 0.15) is 29.3 Å². The van der Waals surface area contributed by atoms with Crippen LogP contribution < -0.4 is 0 Å². The van der Waals surface area contributed by atoms with E-state index >= 15 is 0 Å². The van der Waals surface area contributed by atoms with Crippen molar-refractivity contribution in [2.45, 2.75) is 38.3 Å². The zero-order valence-corrected chi connectivity index (χ0v) is 19.5. The second kappa shape index (κ2) is 10.7. The van der Waals surface area contributed by atoms with Crippen LogP contribution in [-0.2, 0) is 27.9 Å². The third kappa shape index (κ3) is 6.26. The molecule has 0 atom stereocenters. The van der Waals surface area contributed by atoms with Gasteiger partial charge in [-0.2, -0.15) is 4.31 Å². The summed E-state index contributed by atoms with van der Waals surface area (Å²) in [5, 5.41) is 1.98. The van der Waals surface area contributed by atoms with Crippen LogP contribution in [-0.4, -0.2) is 36.6 Å². The second-order valence-corrected chi connectivity index (χ2v) is 10.4. The fraction of sp³-hybridized carbons (Fsp3) is 0.292. The van der Waals surface area contributed by atoms with Crippen molar-refractivity contribution in [2.24, 2.45) is 0 Å². The van der Waals surface area contributed by atoms with Gasteiger partial charge in [0.05, 0.1) is 18.0 Å². The molecule has 0 aliphatic heterocycles. The van der Waals surface area contributed by atoms with E-state index in [1.807, 2.05) is 61.7 Å². The second-order valence-electron chi connectivity index (χ2n) is 7.47. The Bertz CT molecular complexity index is 1060. The Morgan fingerprint density at radius 1 is 0.935 bits per heavy atom. The van der Waals surface area contributed by atoms with Crippen LogP contribution >= 0.6 is 11.3 Å². The summed E-state index contributed by atoms with van der Waals surface area (Å²) in [4.78, 5) is 16.3. The summed E-state index contributed by atoms with van der Waals surface area (Å²) in [6, 6.07) is 20.5. The zero-order chi connectivity index (χ0) is 22.3. The van der Waals surface area contributed by atoms with Crippen LogP contribution in [0.4, 0.5) is 0 Å². The monoisotopic (exact) mass is 456 g/mol. The van der Waals surface area contributed by atoms with E-state index < -0.39 is 10.0 Å². The molecule has 0 saturated carbocycles. The molecule has 7 heteroatoms. The number of hydrogen-bond donors (Lipinski definition) is 0. The highest BCUT2D eigenvalue weighted by Crippen LogP contribution is 2.19. The molecule has 3 rings (SSSR count). The Hall–Kier alpha value is -2.48.